The fourth-order valence-electron chi connectivity index (χ4n) is 3.48. The van der Waals surface area contributed by atoms with Gasteiger partial charge in [0.1, 0.15) is 5.75 Å². The summed E-state index contributed by atoms with van der Waals surface area (Å²) in [4.78, 5) is 13.6. The van der Waals surface area contributed by atoms with Gasteiger partial charge in [-0.15, -0.1) is 0 Å². The molecule has 1 aromatic rings. The zero-order valence-electron chi connectivity index (χ0n) is 13.2. The minimum atomic E-state index is 0.0146. The minimum absolute atomic E-state index is 0.0146. The Morgan fingerprint density at radius 2 is 1.95 bits per heavy atom. The second-order valence-electron chi connectivity index (χ2n) is 6.38. The first kappa shape index (κ1) is 15.1. The molecular weight excluding hydrogens is 274 g/mol. The summed E-state index contributed by atoms with van der Waals surface area (Å²) in [5.74, 6) is 0.972. The molecule has 0 saturated heterocycles. The maximum Gasteiger partial charge on any atom is 0.246 e. The molecule has 1 saturated carbocycles. The summed E-state index contributed by atoms with van der Waals surface area (Å²) in [6.07, 6.45) is 10.2. The molecule has 0 N–H and O–H groups in total. The van der Waals surface area contributed by atoms with Crippen LogP contribution < -0.4 is 4.74 Å². The first-order chi connectivity index (χ1) is 10.8. The van der Waals surface area contributed by atoms with Crippen molar-refractivity contribution in [2.75, 3.05) is 6.54 Å². The van der Waals surface area contributed by atoms with Gasteiger partial charge in [0.25, 0.3) is 0 Å². The lowest BCUT2D eigenvalue weighted by Gasteiger charge is -2.28. The van der Waals surface area contributed by atoms with E-state index < -0.39 is 0 Å². The van der Waals surface area contributed by atoms with E-state index in [0.29, 0.717) is 12.6 Å². The van der Waals surface area contributed by atoms with Gasteiger partial charge in [0.15, 0.2) is 0 Å². The molecule has 1 amide bonds. The molecule has 1 aliphatic heterocycles. The van der Waals surface area contributed by atoms with Crippen molar-refractivity contribution in [2.24, 2.45) is 0 Å². The molecule has 0 unspecified atom stereocenters. The Hall–Kier alpha value is -1.77. The van der Waals surface area contributed by atoms with Crippen molar-refractivity contribution < 1.29 is 9.53 Å². The van der Waals surface area contributed by atoms with Crippen molar-refractivity contribution in [2.45, 2.75) is 57.6 Å². The van der Waals surface area contributed by atoms with Gasteiger partial charge in [0.2, 0.25) is 5.91 Å². The fourth-order valence-corrected chi connectivity index (χ4v) is 3.48. The topological polar surface area (TPSA) is 29.5 Å². The van der Waals surface area contributed by atoms with Crippen LogP contribution in [0.4, 0.5) is 0 Å². The molecule has 3 nitrogen and oxygen atoms in total. The smallest absolute Gasteiger partial charge is 0.246 e. The van der Waals surface area contributed by atoms with Gasteiger partial charge < -0.3 is 9.64 Å². The number of hydrogen-bond acceptors (Lipinski definition) is 2. The molecule has 0 atom stereocenters. The maximum absolute atomic E-state index is 11.8. The normalized spacial score (nSPS) is 19.2. The van der Waals surface area contributed by atoms with Gasteiger partial charge >= 0.3 is 0 Å². The molecule has 3 heteroatoms. The Labute approximate surface area is 133 Å². The number of carbonyl (C=O) groups is 1. The molecule has 2 aliphatic rings. The summed E-state index contributed by atoms with van der Waals surface area (Å²) < 4.78 is 6.20. The third-order valence-electron chi connectivity index (χ3n) is 4.78. The largest absolute Gasteiger partial charge is 0.490 e. The van der Waals surface area contributed by atoms with Gasteiger partial charge in [0.05, 0.1) is 6.10 Å². The van der Waals surface area contributed by atoms with Crippen LogP contribution in [0.3, 0.4) is 0 Å². The van der Waals surface area contributed by atoms with E-state index >= 15 is 0 Å². The molecule has 118 valence electrons. The fraction of sp³-hybridized carbons (Fsp3) is 0.526. The summed E-state index contributed by atoms with van der Waals surface area (Å²) in [6.45, 7) is 5.03. The van der Waals surface area contributed by atoms with E-state index in [1.54, 1.807) is 0 Å². The van der Waals surface area contributed by atoms with Crippen LogP contribution in [0.25, 0.3) is 0 Å². The van der Waals surface area contributed by atoms with Crippen LogP contribution >= 0.6 is 0 Å². The number of carbonyl (C=O) groups excluding carboxylic acids is 1. The average molecular weight is 299 g/mol. The molecule has 1 aromatic carbocycles. The summed E-state index contributed by atoms with van der Waals surface area (Å²) in [6, 6.07) is 6.38. The highest BCUT2D eigenvalue weighted by Crippen LogP contribution is 2.27. The first-order valence-corrected chi connectivity index (χ1v) is 8.46. The Morgan fingerprint density at radius 1 is 1.18 bits per heavy atom. The Morgan fingerprint density at radius 3 is 2.68 bits per heavy atom. The number of rotatable bonds is 3. The third kappa shape index (κ3) is 3.52. The molecule has 0 spiro atoms. The van der Waals surface area contributed by atoms with Crippen LogP contribution in [0.2, 0.25) is 0 Å². The molecule has 1 fully saturated rings. The number of benzene rings is 1. The number of fused-ring (bicyclic) bond motifs is 1. The van der Waals surface area contributed by atoms with Crippen molar-refractivity contribution in [3.8, 4) is 5.75 Å². The lowest BCUT2D eigenvalue weighted by atomic mass is 9.99. The van der Waals surface area contributed by atoms with E-state index in [1.165, 1.54) is 42.9 Å². The number of hydrogen-bond donors (Lipinski definition) is 0. The van der Waals surface area contributed by atoms with Gasteiger partial charge in [-0.3, -0.25) is 4.79 Å². The van der Waals surface area contributed by atoms with Crippen molar-refractivity contribution >= 4 is 5.91 Å². The van der Waals surface area contributed by atoms with E-state index in [1.807, 2.05) is 4.90 Å². The van der Waals surface area contributed by atoms with Gasteiger partial charge in [-0.2, -0.15) is 0 Å². The Balaban J connectivity index is 1.70. The highest BCUT2D eigenvalue weighted by Gasteiger charge is 2.20. The van der Waals surface area contributed by atoms with Gasteiger partial charge in [0, 0.05) is 13.1 Å². The molecule has 0 radical (unpaired) electrons. The summed E-state index contributed by atoms with van der Waals surface area (Å²) in [5, 5.41) is 0. The van der Waals surface area contributed by atoms with E-state index in [0.717, 1.165) is 31.6 Å². The predicted molar refractivity (Wildman–Crippen MR) is 87.9 cm³/mol. The van der Waals surface area contributed by atoms with Crippen LogP contribution in [-0.2, 0) is 17.8 Å². The zero-order chi connectivity index (χ0) is 15.4. The highest BCUT2D eigenvalue weighted by atomic mass is 16.5. The van der Waals surface area contributed by atoms with Gasteiger partial charge in [-0.1, -0.05) is 25.5 Å². The molecular formula is C19H25NO2. The van der Waals surface area contributed by atoms with Gasteiger partial charge in [-0.05, 0) is 61.4 Å². The lowest BCUT2D eigenvalue weighted by molar-refractivity contribution is -0.126. The van der Waals surface area contributed by atoms with E-state index in [4.69, 9.17) is 4.74 Å². The van der Waals surface area contributed by atoms with Crippen LogP contribution in [-0.4, -0.2) is 23.5 Å². The standard InChI is InChI=1S/C19H25NO2/c1-2-19(21)20-12-11-15-9-10-18(13-16(15)14-20)22-17-7-5-3-4-6-8-17/h2,9-10,13,17H,1,3-8,11-12,14H2. The molecule has 3 rings (SSSR count). The molecule has 0 aromatic heterocycles. The average Bonchev–Trinajstić information content (AvgIpc) is 2.82. The van der Waals surface area contributed by atoms with E-state index in [2.05, 4.69) is 24.8 Å². The molecule has 1 heterocycles. The van der Waals surface area contributed by atoms with Crippen LogP contribution in [0.15, 0.2) is 30.9 Å². The Bertz CT molecular complexity index is 544. The summed E-state index contributed by atoms with van der Waals surface area (Å²) in [7, 11) is 0. The number of nitrogens with zero attached hydrogens (tertiary/aromatic N) is 1. The second-order valence-corrected chi connectivity index (χ2v) is 6.38. The molecule has 1 aliphatic carbocycles. The summed E-state index contributed by atoms with van der Waals surface area (Å²) >= 11 is 0. The quantitative estimate of drug-likeness (QED) is 0.626. The first-order valence-electron chi connectivity index (χ1n) is 8.46. The third-order valence-corrected chi connectivity index (χ3v) is 4.78. The van der Waals surface area contributed by atoms with Gasteiger partial charge in [-0.25, -0.2) is 0 Å². The Kier molecular flexibility index (Phi) is 4.81. The van der Waals surface area contributed by atoms with E-state index in [9.17, 15) is 4.79 Å². The SMILES string of the molecule is C=CC(=O)N1CCc2ccc(OC3CCCCCC3)cc2C1. The van der Waals surface area contributed by atoms with Crippen molar-refractivity contribution in [1.29, 1.82) is 0 Å². The van der Waals surface area contributed by atoms with Crippen LogP contribution in [0.5, 0.6) is 5.75 Å². The highest BCUT2D eigenvalue weighted by molar-refractivity contribution is 5.87. The number of amides is 1. The van der Waals surface area contributed by atoms with Crippen LogP contribution in [0, 0.1) is 0 Å². The monoisotopic (exact) mass is 299 g/mol. The number of ether oxygens (including phenoxy) is 1. The van der Waals surface area contributed by atoms with Crippen molar-refractivity contribution in [3.05, 3.63) is 42.0 Å². The van der Waals surface area contributed by atoms with E-state index in [-0.39, 0.29) is 5.91 Å². The summed E-state index contributed by atoms with van der Waals surface area (Å²) in [5.41, 5.74) is 2.55. The predicted octanol–water partition coefficient (Wildman–Crippen LogP) is 3.86. The lowest BCUT2D eigenvalue weighted by Crippen LogP contribution is -2.34. The molecule has 22 heavy (non-hydrogen) atoms. The zero-order valence-corrected chi connectivity index (χ0v) is 13.2. The van der Waals surface area contributed by atoms with Crippen molar-refractivity contribution in [3.63, 3.8) is 0 Å². The van der Waals surface area contributed by atoms with Crippen LogP contribution in [0.1, 0.15) is 49.7 Å². The minimum Gasteiger partial charge on any atom is -0.490 e. The second kappa shape index (κ2) is 6.99. The van der Waals surface area contributed by atoms with Crippen molar-refractivity contribution in [1.82, 2.24) is 4.90 Å². The molecule has 0 bridgehead atoms. The maximum atomic E-state index is 11.8.